The van der Waals surface area contributed by atoms with Gasteiger partial charge in [-0.1, -0.05) is 6.92 Å². The van der Waals surface area contributed by atoms with Crippen LogP contribution in [0.15, 0.2) is 22.7 Å². The van der Waals surface area contributed by atoms with Crippen molar-refractivity contribution in [2.75, 3.05) is 6.54 Å². The number of nitrogens with one attached hydrogen (secondary N) is 1. The molecule has 0 spiro atoms. The predicted octanol–water partition coefficient (Wildman–Crippen LogP) is 2.04. The Bertz CT molecular complexity index is 450. The van der Waals surface area contributed by atoms with Crippen LogP contribution in [0.25, 0.3) is 0 Å². The lowest BCUT2D eigenvalue weighted by Gasteiger charge is -2.08. The summed E-state index contributed by atoms with van der Waals surface area (Å²) < 4.78 is 13.1. The molecule has 0 aliphatic heterocycles. The zero-order valence-corrected chi connectivity index (χ0v) is 10.6. The molecule has 0 bridgehead atoms. The summed E-state index contributed by atoms with van der Waals surface area (Å²) in [4.78, 5) is 22.1. The molecule has 1 amide bonds. The minimum atomic E-state index is -0.981. The van der Waals surface area contributed by atoms with Crippen molar-refractivity contribution in [2.24, 2.45) is 5.92 Å². The molecule has 0 aliphatic rings. The average Bonchev–Trinajstić information content (AvgIpc) is 2.28. The number of carbonyl (C=O) groups excluding carboxylic acids is 1. The van der Waals surface area contributed by atoms with Gasteiger partial charge in [-0.05, 0) is 34.1 Å². The van der Waals surface area contributed by atoms with Crippen LogP contribution in [0.2, 0.25) is 0 Å². The van der Waals surface area contributed by atoms with Crippen LogP contribution >= 0.6 is 15.9 Å². The molecule has 0 aromatic heterocycles. The first-order valence-corrected chi connectivity index (χ1v) is 5.67. The van der Waals surface area contributed by atoms with Crippen molar-refractivity contribution in [3.8, 4) is 0 Å². The van der Waals surface area contributed by atoms with Gasteiger partial charge < -0.3 is 10.4 Å². The van der Waals surface area contributed by atoms with Crippen LogP contribution in [0.3, 0.4) is 0 Å². The Hall–Kier alpha value is -1.43. The third-order valence-corrected chi connectivity index (χ3v) is 2.78. The van der Waals surface area contributed by atoms with Crippen molar-refractivity contribution < 1.29 is 19.1 Å². The fourth-order valence-electron chi connectivity index (χ4n) is 1.07. The van der Waals surface area contributed by atoms with Gasteiger partial charge in [0, 0.05) is 12.1 Å². The molecule has 1 unspecified atom stereocenters. The molecule has 92 valence electrons. The average molecular weight is 304 g/mol. The molecular weight excluding hydrogens is 293 g/mol. The Balaban J connectivity index is 2.64. The van der Waals surface area contributed by atoms with Gasteiger partial charge in [-0.15, -0.1) is 0 Å². The number of benzene rings is 1. The van der Waals surface area contributed by atoms with E-state index in [-0.39, 0.29) is 16.6 Å². The standard InChI is InChI=1S/C11H11BrFNO3/c1-6(11(16)17)5-14-10(15)7-2-3-9(13)8(12)4-7/h2-4,6H,5H2,1H3,(H,14,15)(H,16,17). The van der Waals surface area contributed by atoms with Gasteiger partial charge in [0.2, 0.25) is 0 Å². The van der Waals surface area contributed by atoms with Crippen molar-refractivity contribution in [3.05, 3.63) is 34.1 Å². The number of halogens is 2. The van der Waals surface area contributed by atoms with Gasteiger partial charge in [0.05, 0.1) is 10.4 Å². The highest BCUT2D eigenvalue weighted by Gasteiger charge is 2.13. The maximum Gasteiger partial charge on any atom is 0.308 e. The Morgan fingerprint density at radius 2 is 2.18 bits per heavy atom. The summed E-state index contributed by atoms with van der Waals surface area (Å²) in [5.74, 6) is -2.53. The van der Waals surface area contributed by atoms with E-state index in [1.165, 1.54) is 25.1 Å². The van der Waals surface area contributed by atoms with E-state index in [0.29, 0.717) is 0 Å². The molecule has 0 saturated carbocycles. The minimum Gasteiger partial charge on any atom is -0.481 e. The second-order valence-electron chi connectivity index (χ2n) is 3.58. The van der Waals surface area contributed by atoms with Crippen LogP contribution in [-0.2, 0) is 4.79 Å². The second-order valence-corrected chi connectivity index (χ2v) is 4.43. The third-order valence-electron chi connectivity index (χ3n) is 2.17. The van der Waals surface area contributed by atoms with E-state index in [2.05, 4.69) is 21.2 Å². The summed E-state index contributed by atoms with van der Waals surface area (Å²) in [5, 5.41) is 11.1. The third kappa shape index (κ3) is 3.81. The number of hydrogen-bond donors (Lipinski definition) is 2. The molecule has 2 N–H and O–H groups in total. The molecular formula is C11H11BrFNO3. The number of amides is 1. The van der Waals surface area contributed by atoms with Crippen molar-refractivity contribution in [1.29, 1.82) is 0 Å². The maximum absolute atomic E-state index is 12.9. The van der Waals surface area contributed by atoms with Gasteiger partial charge in [-0.25, -0.2) is 4.39 Å². The number of rotatable bonds is 4. The van der Waals surface area contributed by atoms with Crippen molar-refractivity contribution >= 4 is 27.8 Å². The summed E-state index contributed by atoms with van der Waals surface area (Å²) in [6, 6.07) is 3.84. The van der Waals surface area contributed by atoms with Gasteiger partial charge in [0.25, 0.3) is 5.91 Å². The van der Waals surface area contributed by atoms with Gasteiger partial charge in [0.15, 0.2) is 0 Å². The Morgan fingerprint density at radius 3 is 2.71 bits per heavy atom. The molecule has 6 heteroatoms. The van der Waals surface area contributed by atoms with Gasteiger partial charge in [-0.2, -0.15) is 0 Å². The number of carboxylic acid groups (broad SMARTS) is 1. The van der Waals surface area contributed by atoms with Crippen molar-refractivity contribution in [1.82, 2.24) is 5.32 Å². The normalized spacial score (nSPS) is 11.9. The summed E-state index contributed by atoms with van der Waals surface area (Å²) in [6.45, 7) is 1.52. The van der Waals surface area contributed by atoms with E-state index in [4.69, 9.17) is 5.11 Å². The topological polar surface area (TPSA) is 66.4 Å². The molecule has 4 nitrogen and oxygen atoms in total. The largest absolute Gasteiger partial charge is 0.481 e. The lowest BCUT2D eigenvalue weighted by Crippen LogP contribution is -2.31. The Labute approximate surface area is 106 Å². The van der Waals surface area contributed by atoms with Crippen molar-refractivity contribution in [3.63, 3.8) is 0 Å². The van der Waals surface area contributed by atoms with E-state index in [1.807, 2.05) is 0 Å². The maximum atomic E-state index is 12.9. The molecule has 0 fully saturated rings. The van der Waals surface area contributed by atoms with Crippen LogP contribution in [0.1, 0.15) is 17.3 Å². The summed E-state index contributed by atoms with van der Waals surface area (Å²) in [6.07, 6.45) is 0. The molecule has 1 rings (SSSR count). The molecule has 1 aromatic carbocycles. The van der Waals surface area contributed by atoms with Gasteiger partial charge in [0.1, 0.15) is 5.82 Å². The SMILES string of the molecule is CC(CNC(=O)c1ccc(F)c(Br)c1)C(=O)O. The van der Waals surface area contributed by atoms with E-state index < -0.39 is 23.6 Å². The molecule has 0 aliphatic carbocycles. The van der Waals surface area contributed by atoms with E-state index >= 15 is 0 Å². The second kappa shape index (κ2) is 5.77. The van der Waals surface area contributed by atoms with Crippen LogP contribution in [0, 0.1) is 11.7 Å². The van der Waals surface area contributed by atoms with Crippen LogP contribution in [0.5, 0.6) is 0 Å². The lowest BCUT2D eigenvalue weighted by molar-refractivity contribution is -0.140. The highest BCUT2D eigenvalue weighted by molar-refractivity contribution is 9.10. The first kappa shape index (κ1) is 13.6. The fourth-order valence-corrected chi connectivity index (χ4v) is 1.45. The first-order chi connectivity index (χ1) is 7.91. The lowest BCUT2D eigenvalue weighted by atomic mass is 10.1. The molecule has 1 atom stereocenters. The minimum absolute atomic E-state index is 0.0309. The van der Waals surface area contributed by atoms with E-state index in [1.54, 1.807) is 0 Å². The molecule has 0 radical (unpaired) electrons. The number of carboxylic acids is 1. The summed E-state index contributed by atoms with van der Waals surface area (Å²) in [5.41, 5.74) is 0.274. The zero-order chi connectivity index (χ0) is 13.0. The van der Waals surface area contributed by atoms with Gasteiger partial charge >= 0.3 is 5.97 Å². The quantitative estimate of drug-likeness (QED) is 0.894. The zero-order valence-electron chi connectivity index (χ0n) is 9.04. The predicted molar refractivity (Wildman–Crippen MR) is 63.2 cm³/mol. The highest BCUT2D eigenvalue weighted by Crippen LogP contribution is 2.16. The highest BCUT2D eigenvalue weighted by atomic mass is 79.9. The molecule has 1 aromatic rings. The number of hydrogen-bond acceptors (Lipinski definition) is 2. The summed E-state index contributed by atoms with van der Waals surface area (Å²) in [7, 11) is 0. The first-order valence-electron chi connectivity index (χ1n) is 4.88. The van der Waals surface area contributed by atoms with E-state index in [9.17, 15) is 14.0 Å². The Kier molecular flexibility index (Phi) is 4.62. The Morgan fingerprint density at radius 1 is 1.53 bits per heavy atom. The van der Waals surface area contributed by atoms with Crippen LogP contribution in [-0.4, -0.2) is 23.5 Å². The van der Waals surface area contributed by atoms with Crippen LogP contribution in [0.4, 0.5) is 4.39 Å². The monoisotopic (exact) mass is 303 g/mol. The molecule has 17 heavy (non-hydrogen) atoms. The molecule has 0 saturated heterocycles. The van der Waals surface area contributed by atoms with Crippen molar-refractivity contribution in [2.45, 2.75) is 6.92 Å². The van der Waals surface area contributed by atoms with Gasteiger partial charge in [-0.3, -0.25) is 9.59 Å². The smallest absolute Gasteiger partial charge is 0.308 e. The molecule has 0 heterocycles. The number of carbonyl (C=O) groups is 2. The van der Waals surface area contributed by atoms with Crippen LogP contribution < -0.4 is 5.32 Å². The fraction of sp³-hybridized carbons (Fsp3) is 0.273. The van der Waals surface area contributed by atoms with E-state index in [0.717, 1.165) is 0 Å². The summed E-state index contributed by atoms with van der Waals surface area (Å²) >= 11 is 2.97. The number of aliphatic carboxylic acids is 1.